The predicted octanol–water partition coefficient (Wildman–Crippen LogP) is 4.91. The molecule has 0 aliphatic carbocycles. The van der Waals surface area contributed by atoms with E-state index in [0.717, 1.165) is 31.2 Å². The fourth-order valence-corrected chi connectivity index (χ4v) is 5.10. The van der Waals surface area contributed by atoms with Crippen molar-refractivity contribution in [3.63, 3.8) is 0 Å². The Kier molecular flexibility index (Phi) is 9.05. The summed E-state index contributed by atoms with van der Waals surface area (Å²) in [6, 6.07) is 6.83. The minimum Gasteiger partial charge on any atom is -0.332 e. The summed E-state index contributed by atoms with van der Waals surface area (Å²) in [7, 11) is 0. The number of benzene rings is 1. The predicted molar refractivity (Wildman–Crippen MR) is 138 cm³/mol. The number of rotatable bonds is 3. The van der Waals surface area contributed by atoms with E-state index in [1.54, 1.807) is 12.1 Å². The molecule has 0 spiro atoms. The number of hydrogen-bond acceptors (Lipinski definition) is 4. The molecule has 0 N–H and O–H groups in total. The Morgan fingerprint density at radius 1 is 1.12 bits per heavy atom. The third kappa shape index (κ3) is 4.82. The molecular formula is C21H26ClF2N5OS3. The highest BCUT2D eigenvalue weighted by atomic mass is 35.5. The molecule has 0 radical (unpaired) electrons. The highest BCUT2D eigenvalue weighted by Crippen LogP contribution is 2.45. The fraction of sp³-hybridized carbons (Fsp3) is 0.429. The number of carbonyl (C=O) groups is 1. The van der Waals surface area contributed by atoms with Crippen LogP contribution in [0.4, 0.5) is 8.78 Å². The van der Waals surface area contributed by atoms with E-state index in [-0.39, 0.29) is 75.9 Å². The first-order valence-electron chi connectivity index (χ1n) is 10.0. The largest absolute Gasteiger partial charge is 0.332 e. The third-order valence-electron chi connectivity index (χ3n) is 6.38. The Bertz CT molecular complexity index is 1150. The minimum absolute atomic E-state index is 0. The molecule has 2 aliphatic heterocycles. The molecular weight excluding hydrogens is 508 g/mol. The number of aromatic nitrogens is 4. The number of piperidine rings is 1. The van der Waals surface area contributed by atoms with Crippen LogP contribution in [-0.4, -0.2) is 42.5 Å². The first kappa shape index (κ1) is 27.7. The second-order valence-corrected chi connectivity index (χ2v) is 8.44. The number of nitrogens with zero attached hydrogens (tertiary/aromatic N) is 5. The highest BCUT2D eigenvalue weighted by Gasteiger charge is 2.46. The van der Waals surface area contributed by atoms with Crippen LogP contribution >= 0.6 is 52.1 Å². The summed E-state index contributed by atoms with van der Waals surface area (Å²) in [5, 5.41) is 4.76. The summed E-state index contributed by atoms with van der Waals surface area (Å²) in [6.07, 6.45) is 1.96. The molecule has 2 bridgehead atoms. The van der Waals surface area contributed by atoms with Crippen molar-refractivity contribution in [3.8, 4) is 0 Å². The first-order chi connectivity index (χ1) is 14.4. The summed E-state index contributed by atoms with van der Waals surface area (Å²) >= 11 is 6.24. The van der Waals surface area contributed by atoms with Gasteiger partial charge in [-0.1, -0.05) is 17.7 Å². The van der Waals surface area contributed by atoms with Crippen LogP contribution in [0.5, 0.6) is 0 Å². The maximum Gasteiger partial charge on any atom is 0.280 e. The minimum atomic E-state index is -2.70. The lowest BCUT2D eigenvalue weighted by molar-refractivity contribution is 0.0554. The van der Waals surface area contributed by atoms with Crippen molar-refractivity contribution in [3.05, 3.63) is 58.1 Å². The van der Waals surface area contributed by atoms with Gasteiger partial charge in [0.1, 0.15) is 12.0 Å². The van der Waals surface area contributed by atoms with E-state index >= 15 is 0 Å². The number of halogens is 3. The van der Waals surface area contributed by atoms with Crippen LogP contribution in [0, 0.1) is 6.92 Å². The van der Waals surface area contributed by atoms with Crippen LogP contribution in [0.15, 0.2) is 30.6 Å². The van der Waals surface area contributed by atoms with Crippen LogP contribution in [0.1, 0.15) is 65.3 Å². The zero-order valence-corrected chi connectivity index (χ0v) is 21.6. The second-order valence-electron chi connectivity index (χ2n) is 8.04. The Morgan fingerprint density at radius 3 is 2.55 bits per heavy atom. The number of carbonyl (C=O) groups excluding carboxylic acids is 1. The van der Waals surface area contributed by atoms with Crippen LogP contribution in [0.2, 0.25) is 5.02 Å². The molecule has 1 amide bonds. The van der Waals surface area contributed by atoms with E-state index < -0.39 is 6.43 Å². The molecule has 33 heavy (non-hydrogen) atoms. The molecule has 2 aromatic heterocycles. The van der Waals surface area contributed by atoms with Crippen molar-refractivity contribution >= 4 is 63.8 Å². The van der Waals surface area contributed by atoms with Gasteiger partial charge in [-0.25, -0.2) is 18.3 Å². The summed E-state index contributed by atoms with van der Waals surface area (Å²) in [4.78, 5) is 23.2. The lowest BCUT2D eigenvalue weighted by atomic mass is 9.86. The average molecular weight is 534 g/mol. The van der Waals surface area contributed by atoms with E-state index in [9.17, 15) is 13.6 Å². The van der Waals surface area contributed by atoms with Crippen molar-refractivity contribution in [1.82, 2.24) is 24.5 Å². The zero-order chi connectivity index (χ0) is 21.0. The molecule has 3 aromatic rings. The second kappa shape index (κ2) is 10.8. The molecule has 4 heterocycles. The summed E-state index contributed by atoms with van der Waals surface area (Å²) < 4.78 is 28.4. The Hall–Kier alpha value is -1.56. The third-order valence-corrected chi connectivity index (χ3v) is 6.78. The van der Waals surface area contributed by atoms with Crippen molar-refractivity contribution < 1.29 is 13.6 Å². The standard InChI is InChI=1S/C21H20ClF2N5O.3H2S/c1-11-2-3-12(8-15(11)22)20(30)28-13-4-6-14(17(28)7-5-13)18-9-16(19(23)24)27-21-25-10-26-29(18)21;;;/h2-3,8-10,13-14,17,19H,4-7H2,1H3;3*1H2/t13-,14-,17-;;;/m0.../s1. The highest BCUT2D eigenvalue weighted by molar-refractivity contribution is 7.59. The molecule has 1 aromatic carbocycles. The van der Waals surface area contributed by atoms with Gasteiger partial charge < -0.3 is 4.90 Å². The topological polar surface area (TPSA) is 63.4 Å². The maximum absolute atomic E-state index is 13.4. The summed E-state index contributed by atoms with van der Waals surface area (Å²) in [5.74, 6) is -0.0171. The Morgan fingerprint density at radius 2 is 1.85 bits per heavy atom. The molecule has 5 rings (SSSR count). The van der Waals surface area contributed by atoms with Crippen LogP contribution in [-0.2, 0) is 0 Å². The van der Waals surface area contributed by atoms with E-state index in [0.29, 0.717) is 16.3 Å². The average Bonchev–Trinajstić information content (AvgIpc) is 3.32. The van der Waals surface area contributed by atoms with Crippen molar-refractivity contribution in [2.24, 2.45) is 0 Å². The van der Waals surface area contributed by atoms with Crippen molar-refractivity contribution in [2.45, 2.75) is 57.0 Å². The van der Waals surface area contributed by atoms with Crippen LogP contribution in [0.3, 0.4) is 0 Å². The Labute approximate surface area is 216 Å². The SMILES string of the molecule is Cc1ccc(C(=O)N2[C@H]3CC[C@H](c4cc(C(F)F)nc5ncnn45)[C@@H]2CC3)cc1Cl.S.S.S. The smallest absolute Gasteiger partial charge is 0.280 e. The van der Waals surface area contributed by atoms with Gasteiger partial charge in [-0.3, -0.25) is 4.79 Å². The van der Waals surface area contributed by atoms with Gasteiger partial charge in [0.05, 0.1) is 5.69 Å². The molecule has 2 aliphatic rings. The number of hydrogen-bond donors (Lipinski definition) is 0. The molecule has 6 nitrogen and oxygen atoms in total. The number of fused-ring (bicyclic) bond motifs is 3. The summed E-state index contributed by atoms with van der Waals surface area (Å²) in [6.45, 7) is 1.89. The van der Waals surface area contributed by atoms with Gasteiger partial charge in [0.15, 0.2) is 0 Å². The molecule has 3 atom stereocenters. The monoisotopic (exact) mass is 533 g/mol. The van der Waals surface area contributed by atoms with Crippen molar-refractivity contribution in [1.29, 1.82) is 0 Å². The normalized spacial score (nSPS) is 21.4. The molecule has 0 unspecified atom stereocenters. The van der Waals surface area contributed by atoms with Gasteiger partial charge in [0, 0.05) is 28.6 Å². The van der Waals surface area contributed by atoms with Gasteiger partial charge in [-0.05, 0) is 56.4 Å². The molecule has 12 heteroatoms. The molecule has 2 saturated heterocycles. The lowest BCUT2D eigenvalue weighted by Gasteiger charge is -2.40. The quantitative estimate of drug-likeness (QED) is 0.480. The van der Waals surface area contributed by atoms with Gasteiger partial charge in [-0.15, -0.1) is 0 Å². The van der Waals surface area contributed by atoms with Crippen LogP contribution in [0.25, 0.3) is 5.78 Å². The van der Waals surface area contributed by atoms with Gasteiger partial charge in [0.25, 0.3) is 18.1 Å². The molecule has 180 valence electrons. The van der Waals surface area contributed by atoms with E-state index in [2.05, 4.69) is 15.1 Å². The maximum atomic E-state index is 13.4. The first-order valence-corrected chi connectivity index (χ1v) is 10.4. The fourth-order valence-electron chi connectivity index (χ4n) is 4.92. The summed E-state index contributed by atoms with van der Waals surface area (Å²) in [5.41, 5.74) is 1.79. The van der Waals surface area contributed by atoms with E-state index in [1.807, 2.05) is 17.9 Å². The van der Waals surface area contributed by atoms with Gasteiger partial charge in [0.2, 0.25) is 0 Å². The number of aryl methyl sites for hydroxylation is 1. The van der Waals surface area contributed by atoms with Gasteiger partial charge >= 0.3 is 0 Å². The van der Waals surface area contributed by atoms with Crippen LogP contribution < -0.4 is 0 Å². The Balaban J connectivity index is 0.00000128. The van der Waals surface area contributed by atoms with Crippen molar-refractivity contribution in [2.75, 3.05) is 0 Å². The molecule has 0 saturated carbocycles. The van der Waals surface area contributed by atoms with E-state index in [1.165, 1.54) is 16.9 Å². The number of amides is 1. The van der Waals surface area contributed by atoms with E-state index in [4.69, 9.17) is 11.6 Å². The van der Waals surface area contributed by atoms with Gasteiger partial charge in [-0.2, -0.15) is 50.6 Å². The number of alkyl halides is 2. The lowest BCUT2D eigenvalue weighted by Crippen LogP contribution is -2.47. The zero-order valence-electron chi connectivity index (χ0n) is 17.8. The molecule has 2 fully saturated rings.